The fraction of sp³-hybridized carbons (Fsp3) is 1.00. The molecule has 0 saturated heterocycles. The van der Waals surface area contributed by atoms with Gasteiger partial charge in [0.2, 0.25) is 0 Å². The summed E-state index contributed by atoms with van der Waals surface area (Å²) in [5, 5.41) is 13.9. The van der Waals surface area contributed by atoms with Crippen LogP contribution in [0.4, 0.5) is 0 Å². The zero-order chi connectivity index (χ0) is 10.4. The molecule has 2 unspecified atom stereocenters. The molecule has 0 radical (unpaired) electrons. The first-order chi connectivity index (χ1) is 6.73. The van der Waals surface area contributed by atoms with Crippen LogP contribution in [0.2, 0.25) is 0 Å². The molecule has 14 heavy (non-hydrogen) atoms. The van der Waals surface area contributed by atoms with Gasteiger partial charge in [-0.1, -0.05) is 33.1 Å². The Morgan fingerprint density at radius 1 is 1.36 bits per heavy atom. The lowest BCUT2D eigenvalue weighted by atomic mass is 9.74. The van der Waals surface area contributed by atoms with Crippen molar-refractivity contribution < 1.29 is 5.11 Å². The molecule has 1 aliphatic rings. The van der Waals surface area contributed by atoms with Crippen LogP contribution in [-0.4, -0.2) is 23.8 Å². The molecule has 2 atom stereocenters. The third-order valence-corrected chi connectivity index (χ3v) is 3.52. The summed E-state index contributed by atoms with van der Waals surface area (Å²) in [5.41, 5.74) is -0.415. The summed E-state index contributed by atoms with van der Waals surface area (Å²) in [6.07, 6.45) is 6.95. The smallest absolute Gasteiger partial charge is 0.0799 e. The third-order valence-electron chi connectivity index (χ3n) is 3.52. The molecule has 1 aliphatic carbocycles. The van der Waals surface area contributed by atoms with Crippen molar-refractivity contribution in [3.05, 3.63) is 0 Å². The number of nitrogens with one attached hydrogen (secondary N) is 1. The molecule has 2 nitrogen and oxygen atoms in total. The Morgan fingerprint density at radius 2 is 2.14 bits per heavy atom. The van der Waals surface area contributed by atoms with Crippen LogP contribution in [0.15, 0.2) is 0 Å². The Labute approximate surface area is 88.1 Å². The summed E-state index contributed by atoms with van der Waals surface area (Å²) in [6.45, 7) is 6.17. The van der Waals surface area contributed by atoms with E-state index in [1.807, 2.05) is 0 Å². The molecule has 0 spiro atoms. The van der Waals surface area contributed by atoms with Gasteiger partial charge in [0, 0.05) is 6.54 Å². The highest BCUT2D eigenvalue weighted by atomic mass is 16.3. The van der Waals surface area contributed by atoms with Gasteiger partial charge in [-0.15, -0.1) is 0 Å². The van der Waals surface area contributed by atoms with Crippen LogP contribution in [0.25, 0.3) is 0 Å². The van der Waals surface area contributed by atoms with Gasteiger partial charge in [-0.3, -0.25) is 0 Å². The molecule has 0 heterocycles. The van der Waals surface area contributed by atoms with Gasteiger partial charge in [0.25, 0.3) is 0 Å². The molecule has 0 bridgehead atoms. The van der Waals surface area contributed by atoms with E-state index in [9.17, 15) is 5.11 Å². The van der Waals surface area contributed by atoms with E-state index >= 15 is 0 Å². The lowest BCUT2D eigenvalue weighted by Gasteiger charge is -2.40. The molecule has 0 amide bonds. The molecule has 1 rings (SSSR count). The lowest BCUT2D eigenvalue weighted by Crippen LogP contribution is -2.48. The van der Waals surface area contributed by atoms with Gasteiger partial charge in [-0.05, 0) is 31.7 Å². The third kappa shape index (κ3) is 2.96. The van der Waals surface area contributed by atoms with Crippen LogP contribution in [0.1, 0.15) is 52.4 Å². The second kappa shape index (κ2) is 5.72. The molecule has 84 valence electrons. The fourth-order valence-corrected chi connectivity index (χ4v) is 2.59. The average molecular weight is 199 g/mol. The van der Waals surface area contributed by atoms with Crippen LogP contribution in [0.3, 0.4) is 0 Å². The molecular weight excluding hydrogens is 174 g/mol. The molecule has 2 heteroatoms. The summed E-state index contributed by atoms with van der Waals surface area (Å²) in [7, 11) is 0. The molecule has 1 fully saturated rings. The number of rotatable bonds is 5. The van der Waals surface area contributed by atoms with Crippen molar-refractivity contribution in [1.82, 2.24) is 5.32 Å². The topological polar surface area (TPSA) is 32.3 Å². The molecule has 1 saturated carbocycles. The Morgan fingerprint density at radius 3 is 2.79 bits per heavy atom. The number of hydrogen-bond acceptors (Lipinski definition) is 2. The van der Waals surface area contributed by atoms with E-state index in [4.69, 9.17) is 0 Å². The van der Waals surface area contributed by atoms with Crippen LogP contribution in [0.5, 0.6) is 0 Å². The molecule has 0 aromatic carbocycles. The minimum absolute atomic E-state index is 0.415. The quantitative estimate of drug-likeness (QED) is 0.666. The SMILES string of the molecule is CCCNCC1(O)CCCCC1CC. The average Bonchev–Trinajstić information content (AvgIpc) is 2.19. The fourth-order valence-electron chi connectivity index (χ4n) is 2.59. The highest BCUT2D eigenvalue weighted by Crippen LogP contribution is 2.35. The monoisotopic (exact) mass is 199 g/mol. The largest absolute Gasteiger partial charge is 0.388 e. The highest BCUT2D eigenvalue weighted by molar-refractivity contribution is 4.91. The van der Waals surface area contributed by atoms with E-state index in [0.717, 1.165) is 32.4 Å². The standard InChI is InChI=1S/C12H25NO/c1-3-9-13-10-12(14)8-6-5-7-11(12)4-2/h11,13-14H,3-10H2,1-2H3. The van der Waals surface area contributed by atoms with Gasteiger partial charge in [-0.25, -0.2) is 0 Å². The van der Waals surface area contributed by atoms with E-state index in [2.05, 4.69) is 19.2 Å². The van der Waals surface area contributed by atoms with Crippen LogP contribution in [0, 0.1) is 5.92 Å². The van der Waals surface area contributed by atoms with Crippen LogP contribution >= 0.6 is 0 Å². The predicted molar refractivity (Wildman–Crippen MR) is 60.4 cm³/mol. The van der Waals surface area contributed by atoms with E-state index in [0.29, 0.717) is 5.92 Å². The molecule has 0 aromatic rings. The van der Waals surface area contributed by atoms with Gasteiger partial charge in [-0.2, -0.15) is 0 Å². The van der Waals surface area contributed by atoms with Gasteiger partial charge < -0.3 is 10.4 Å². The maximum Gasteiger partial charge on any atom is 0.0799 e. The van der Waals surface area contributed by atoms with Crippen LogP contribution in [-0.2, 0) is 0 Å². The second-order valence-corrected chi connectivity index (χ2v) is 4.63. The Bertz CT molecular complexity index is 160. The lowest BCUT2D eigenvalue weighted by molar-refractivity contribution is -0.0477. The summed E-state index contributed by atoms with van der Waals surface area (Å²) >= 11 is 0. The zero-order valence-corrected chi connectivity index (χ0v) is 9.68. The molecule has 2 N–H and O–H groups in total. The van der Waals surface area contributed by atoms with E-state index in [1.165, 1.54) is 19.3 Å². The second-order valence-electron chi connectivity index (χ2n) is 4.63. The van der Waals surface area contributed by atoms with Crippen molar-refractivity contribution in [1.29, 1.82) is 0 Å². The maximum absolute atomic E-state index is 10.5. The van der Waals surface area contributed by atoms with Crippen molar-refractivity contribution >= 4 is 0 Å². The molecular formula is C12H25NO. The van der Waals surface area contributed by atoms with Crippen molar-refractivity contribution in [2.75, 3.05) is 13.1 Å². The Kier molecular flexibility index (Phi) is 4.90. The highest BCUT2D eigenvalue weighted by Gasteiger charge is 2.36. The van der Waals surface area contributed by atoms with Gasteiger partial charge in [0.15, 0.2) is 0 Å². The van der Waals surface area contributed by atoms with Crippen molar-refractivity contribution in [2.45, 2.75) is 58.0 Å². The summed E-state index contributed by atoms with van der Waals surface area (Å²) in [4.78, 5) is 0. The maximum atomic E-state index is 10.5. The van der Waals surface area contributed by atoms with Crippen LogP contribution < -0.4 is 5.32 Å². The Hall–Kier alpha value is -0.0800. The summed E-state index contributed by atoms with van der Waals surface area (Å²) in [6, 6.07) is 0. The van der Waals surface area contributed by atoms with Gasteiger partial charge in [0.1, 0.15) is 0 Å². The van der Waals surface area contributed by atoms with Crippen molar-refractivity contribution in [3.63, 3.8) is 0 Å². The predicted octanol–water partition coefficient (Wildman–Crippen LogP) is 2.32. The Balaban J connectivity index is 2.41. The minimum Gasteiger partial charge on any atom is -0.388 e. The van der Waals surface area contributed by atoms with E-state index in [1.54, 1.807) is 0 Å². The van der Waals surface area contributed by atoms with E-state index in [-0.39, 0.29) is 0 Å². The van der Waals surface area contributed by atoms with Gasteiger partial charge >= 0.3 is 0 Å². The first-order valence-electron chi connectivity index (χ1n) is 6.16. The van der Waals surface area contributed by atoms with Gasteiger partial charge in [0.05, 0.1) is 5.60 Å². The first kappa shape index (κ1) is 12.0. The first-order valence-corrected chi connectivity index (χ1v) is 6.16. The zero-order valence-electron chi connectivity index (χ0n) is 9.68. The minimum atomic E-state index is -0.415. The number of aliphatic hydroxyl groups is 1. The summed E-state index contributed by atoms with van der Waals surface area (Å²) in [5.74, 6) is 0.514. The van der Waals surface area contributed by atoms with Crippen molar-refractivity contribution in [3.8, 4) is 0 Å². The molecule has 0 aliphatic heterocycles. The van der Waals surface area contributed by atoms with E-state index < -0.39 is 5.60 Å². The van der Waals surface area contributed by atoms with Crippen molar-refractivity contribution in [2.24, 2.45) is 5.92 Å². The molecule has 0 aromatic heterocycles. The normalized spacial score (nSPS) is 33.2. The number of hydrogen-bond donors (Lipinski definition) is 2. The summed E-state index contributed by atoms with van der Waals surface area (Å²) < 4.78 is 0.